The molecule has 0 radical (unpaired) electrons. The smallest absolute Gasteiger partial charge is 0.330 e. The first-order chi connectivity index (χ1) is 8.74. The molecule has 0 aromatic heterocycles. The molecule has 0 aliphatic carbocycles. The van der Waals surface area contributed by atoms with E-state index >= 15 is 0 Å². The molecule has 0 spiro atoms. The number of amides is 1. The van der Waals surface area contributed by atoms with Crippen LogP contribution in [-0.4, -0.2) is 30.1 Å². The van der Waals surface area contributed by atoms with Gasteiger partial charge in [0.15, 0.2) is 0 Å². The Kier molecular flexibility index (Phi) is 5.34. The van der Waals surface area contributed by atoms with E-state index in [2.05, 4.69) is 15.9 Å². The fraction of sp³-hybridized carbons (Fsp3) is 0.417. The van der Waals surface area contributed by atoms with Crippen molar-refractivity contribution in [2.24, 2.45) is 0 Å². The van der Waals surface area contributed by atoms with E-state index in [1.54, 1.807) is 6.92 Å². The predicted octanol–water partition coefficient (Wildman–Crippen LogP) is 4.00. The molecule has 0 atom stereocenters. The van der Waals surface area contributed by atoms with Crippen molar-refractivity contribution in [1.29, 1.82) is 0 Å². The van der Waals surface area contributed by atoms with E-state index in [-0.39, 0.29) is 16.6 Å². The van der Waals surface area contributed by atoms with Gasteiger partial charge in [-0.25, -0.2) is 4.39 Å². The lowest BCUT2D eigenvalue weighted by molar-refractivity contribution is -0.140. The third kappa shape index (κ3) is 4.81. The Balaban J connectivity index is 2.95. The number of benzene rings is 1. The number of carbonyl (C=O) groups excluding carboxylic acids is 1. The lowest BCUT2D eigenvalue weighted by atomic mass is 10.2. The zero-order valence-electron chi connectivity index (χ0n) is 10.1. The second-order valence-electron chi connectivity index (χ2n) is 3.97. The fourth-order valence-corrected chi connectivity index (χ4v) is 1.93. The van der Waals surface area contributed by atoms with Gasteiger partial charge in [0.25, 0.3) is 5.91 Å². The zero-order valence-corrected chi connectivity index (χ0v) is 11.7. The summed E-state index contributed by atoms with van der Waals surface area (Å²) in [6.45, 7) is 0.360. The Hall–Kier alpha value is -1.11. The van der Waals surface area contributed by atoms with Gasteiger partial charge >= 0.3 is 6.18 Å². The lowest BCUT2D eigenvalue weighted by Crippen LogP contribution is -2.39. The normalized spacial score (nSPS) is 11.5. The summed E-state index contributed by atoms with van der Waals surface area (Å²) < 4.78 is 50.2. The first-order valence-corrected chi connectivity index (χ1v) is 6.35. The Morgan fingerprint density at radius 2 is 2.00 bits per heavy atom. The van der Waals surface area contributed by atoms with E-state index in [4.69, 9.17) is 0 Å². The quantitative estimate of drug-likeness (QED) is 0.758. The van der Waals surface area contributed by atoms with Crippen molar-refractivity contribution in [2.75, 3.05) is 13.1 Å². The molecule has 0 N–H and O–H groups in total. The maximum absolute atomic E-state index is 13.0. The second-order valence-corrected chi connectivity index (χ2v) is 4.83. The van der Waals surface area contributed by atoms with Gasteiger partial charge in [-0.3, -0.25) is 4.79 Å². The maximum Gasteiger partial charge on any atom is 0.406 e. The molecule has 1 rings (SSSR count). The Morgan fingerprint density at radius 3 is 2.47 bits per heavy atom. The number of alkyl halides is 3. The Bertz CT molecular complexity index is 462. The molecule has 0 aliphatic heterocycles. The minimum atomic E-state index is -4.46. The number of nitrogens with zero attached hydrogens (tertiary/aromatic N) is 1. The Labute approximate surface area is 116 Å². The molecule has 0 saturated carbocycles. The highest BCUT2D eigenvalue weighted by atomic mass is 79.9. The standard InChI is InChI=1S/C12H12BrF4NO/c1-2-5-18(7-12(15,16)17)11(19)8-3-4-10(14)9(13)6-8/h3-4,6H,2,5,7H2,1H3. The van der Waals surface area contributed by atoms with Crippen LogP contribution in [0.1, 0.15) is 23.7 Å². The van der Waals surface area contributed by atoms with Crippen LogP contribution in [0, 0.1) is 5.82 Å². The van der Waals surface area contributed by atoms with Crippen molar-refractivity contribution in [3.8, 4) is 0 Å². The third-order valence-electron chi connectivity index (χ3n) is 2.32. The van der Waals surface area contributed by atoms with Crippen LogP contribution in [0.5, 0.6) is 0 Å². The highest BCUT2D eigenvalue weighted by molar-refractivity contribution is 9.10. The average molecular weight is 342 g/mol. The van der Waals surface area contributed by atoms with Gasteiger partial charge in [0, 0.05) is 12.1 Å². The highest BCUT2D eigenvalue weighted by Crippen LogP contribution is 2.21. The lowest BCUT2D eigenvalue weighted by Gasteiger charge is -2.23. The molecule has 0 aliphatic rings. The molecule has 0 bridgehead atoms. The molecule has 1 amide bonds. The topological polar surface area (TPSA) is 20.3 Å². The number of rotatable bonds is 4. The summed E-state index contributed by atoms with van der Waals surface area (Å²) in [6.07, 6.45) is -4.05. The summed E-state index contributed by atoms with van der Waals surface area (Å²) in [6, 6.07) is 3.38. The van der Waals surface area contributed by atoms with E-state index in [9.17, 15) is 22.4 Å². The van der Waals surface area contributed by atoms with Crippen molar-refractivity contribution in [3.05, 3.63) is 34.1 Å². The average Bonchev–Trinajstić information content (AvgIpc) is 2.29. The van der Waals surface area contributed by atoms with E-state index in [1.807, 2.05) is 0 Å². The molecule has 1 aromatic rings. The van der Waals surface area contributed by atoms with Crippen LogP contribution < -0.4 is 0 Å². The number of hydrogen-bond donors (Lipinski definition) is 0. The highest BCUT2D eigenvalue weighted by Gasteiger charge is 2.33. The molecular weight excluding hydrogens is 330 g/mol. The molecule has 106 valence electrons. The van der Waals surface area contributed by atoms with E-state index in [0.29, 0.717) is 11.3 Å². The molecule has 1 aromatic carbocycles. The van der Waals surface area contributed by atoms with Crippen LogP contribution in [0.2, 0.25) is 0 Å². The number of halogens is 5. The molecular formula is C12H12BrF4NO. The van der Waals surface area contributed by atoms with Gasteiger partial charge in [-0.15, -0.1) is 0 Å². The summed E-state index contributed by atoms with van der Waals surface area (Å²) in [5.41, 5.74) is 0.0194. The summed E-state index contributed by atoms with van der Waals surface area (Å²) in [5, 5.41) is 0. The van der Waals surface area contributed by atoms with Crippen LogP contribution in [0.4, 0.5) is 17.6 Å². The fourth-order valence-electron chi connectivity index (χ4n) is 1.55. The molecule has 0 saturated heterocycles. The maximum atomic E-state index is 13.0. The number of carbonyl (C=O) groups is 1. The van der Waals surface area contributed by atoms with E-state index < -0.39 is 24.4 Å². The van der Waals surface area contributed by atoms with Crippen LogP contribution in [0.15, 0.2) is 22.7 Å². The van der Waals surface area contributed by atoms with Crippen LogP contribution >= 0.6 is 15.9 Å². The number of hydrogen-bond acceptors (Lipinski definition) is 1. The first-order valence-electron chi connectivity index (χ1n) is 5.55. The van der Waals surface area contributed by atoms with Gasteiger partial charge < -0.3 is 4.90 Å². The molecule has 0 heterocycles. The minimum absolute atomic E-state index is 0.00661. The summed E-state index contributed by atoms with van der Waals surface area (Å²) in [7, 11) is 0. The minimum Gasteiger partial charge on any atom is -0.330 e. The van der Waals surface area contributed by atoms with Crippen LogP contribution in [-0.2, 0) is 0 Å². The van der Waals surface area contributed by atoms with Crippen molar-refractivity contribution >= 4 is 21.8 Å². The van der Waals surface area contributed by atoms with Gasteiger partial charge in [-0.1, -0.05) is 6.92 Å². The van der Waals surface area contributed by atoms with Gasteiger partial charge in [0.2, 0.25) is 0 Å². The monoisotopic (exact) mass is 341 g/mol. The van der Waals surface area contributed by atoms with Gasteiger partial charge in [0.05, 0.1) is 4.47 Å². The molecule has 0 unspecified atom stereocenters. The van der Waals surface area contributed by atoms with Crippen molar-refractivity contribution in [3.63, 3.8) is 0 Å². The molecule has 2 nitrogen and oxygen atoms in total. The van der Waals surface area contributed by atoms with Gasteiger partial charge in [-0.2, -0.15) is 13.2 Å². The first kappa shape index (κ1) is 15.9. The predicted molar refractivity (Wildman–Crippen MR) is 66.3 cm³/mol. The summed E-state index contributed by atoms with van der Waals surface area (Å²) in [4.78, 5) is 12.7. The molecule has 7 heteroatoms. The molecule has 19 heavy (non-hydrogen) atoms. The van der Waals surface area contributed by atoms with Gasteiger partial charge in [-0.05, 0) is 40.5 Å². The SMILES string of the molecule is CCCN(CC(F)(F)F)C(=O)c1ccc(F)c(Br)c1. The summed E-state index contributed by atoms with van der Waals surface area (Å²) in [5.74, 6) is -1.34. The van der Waals surface area contributed by atoms with Crippen LogP contribution in [0.25, 0.3) is 0 Å². The van der Waals surface area contributed by atoms with E-state index in [0.717, 1.165) is 6.07 Å². The van der Waals surface area contributed by atoms with Crippen molar-refractivity contribution < 1.29 is 22.4 Å². The largest absolute Gasteiger partial charge is 0.406 e. The van der Waals surface area contributed by atoms with Crippen LogP contribution in [0.3, 0.4) is 0 Å². The summed E-state index contributed by atoms with van der Waals surface area (Å²) >= 11 is 2.90. The second kappa shape index (κ2) is 6.36. The Morgan fingerprint density at radius 1 is 1.37 bits per heavy atom. The zero-order chi connectivity index (χ0) is 14.6. The van der Waals surface area contributed by atoms with Gasteiger partial charge in [0.1, 0.15) is 12.4 Å². The molecule has 0 fully saturated rings. The van der Waals surface area contributed by atoms with Crippen molar-refractivity contribution in [2.45, 2.75) is 19.5 Å². The van der Waals surface area contributed by atoms with Crippen molar-refractivity contribution in [1.82, 2.24) is 4.90 Å². The van der Waals surface area contributed by atoms with E-state index in [1.165, 1.54) is 12.1 Å². The third-order valence-corrected chi connectivity index (χ3v) is 2.93.